The number of unbranched alkanes of at least 4 members (excludes halogenated alkanes) is 33. The van der Waals surface area contributed by atoms with Gasteiger partial charge in [0.15, 0.2) is 24.8 Å². The molecule has 2 aromatic rings. The summed E-state index contributed by atoms with van der Waals surface area (Å²) in [5.74, 6) is 2.49. The summed E-state index contributed by atoms with van der Waals surface area (Å²) >= 11 is 4.07. The van der Waals surface area contributed by atoms with Crippen LogP contribution >= 0.6 is 23.5 Å². The largest absolute Gasteiger partial charge is 0.205 e. The fraction of sp³-hybridized carbons (Fsp3) is 0.808. The van der Waals surface area contributed by atoms with Crippen molar-refractivity contribution in [2.24, 2.45) is 0 Å². The predicted octanol–water partition coefficient (Wildman–Crippen LogP) is 17.2. The molecule has 0 aliphatic carbocycles. The van der Waals surface area contributed by atoms with Crippen LogP contribution in [0, 0.1) is 0 Å². The summed E-state index contributed by atoms with van der Waals surface area (Å²) in [5.41, 5.74) is 0. The molecule has 0 aliphatic rings. The van der Waals surface area contributed by atoms with Gasteiger partial charge in [0.05, 0.1) is 0 Å². The molecule has 0 fully saturated rings. The second-order valence-corrected chi connectivity index (χ2v) is 19.6. The summed E-state index contributed by atoms with van der Waals surface area (Å²) in [6.45, 7) is 6.95. The first-order chi connectivity index (χ1) is 27.8. The van der Waals surface area contributed by atoms with Crippen LogP contribution in [0.2, 0.25) is 0 Å². The summed E-state index contributed by atoms with van der Waals surface area (Å²) in [6, 6.07) is 9.33. The number of aromatic nitrogens is 2. The zero-order valence-corrected chi connectivity index (χ0v) is 39.2. The second kappa shape index (κ2) is 40.8. The van der Waals surface area contributed by atoms with Crippen molar-refractivity contribution in [3.63, 3.8) is 0 Å². The second-order valence-electron chi connectivity index (χ2n) is 17.3. The van der Waals surface area contributed by atoms with Gasteiger partial charge < -0.3 is 0 Å². The number of hydrogen-bond acceptors (Lipinski definition) is 2. The van der Waals surface area contributed by atoms with Crippen molar-refractivity contribution in [2.75, 3.05) is 11.5 Å². The first-order valence-electron chi connectivity index (χ1n) is 25.1. The number of pyridine rings is 2. The molecule has 0 aromatic carbocycles. The van der Waals surface area contributed by atoms with Gasteiger partial charge in [-0.15, -0.1) is 23.5 Å². The standard InChI is InChI=1S/C52H94N2S2/c1-3-5-7-9-11-13-15-17-19-21-23-25-27-29-31-35-43-53-45-39-51(40-46-53)55-49-37-33-34-38-50-56-52-41-47-54(48-42-52)44-36-32-30-28-26-24-22-20-18-16-14-12-10-8-6-4-2/h39-42,45-48H,3-38,43-44,49-50H2,1-2H3/q+2. The molecule has 2 rings (SSSR count). The van der Waals surface area contributed by atoms with Crippen molar-refractivity contribution in [1.82, 2.24) is 0 Å². The van der Waals surface area contributed by atoms with E-state index in [0.29, 0.717) is 0 Å². The Morgan fingerprint density at radius 1 is 0.286 bits per heavy atom. The molecule has 0 aliphatic heterocycles. The van der Waals surface area contributed by atoms with Crippen LogP contribution in [0.3, 0.4) is 0 Å². The van der Waals surface area contributed by atoms with Crippen LogP contribution in [-0.4, -0.2) is 11.5 Å². The van der Waals surface area contributed by atoms with Crippen LogP contribution < -0.4 is 9.13 Å². The van der Waals surface area contributed by atoms with Gasteiger partial charge >= 0.3 is 0 Å². The van der Waals surface area contributed by atoms with Crippen LogP contribution in [0.4, 0.5) is 0 Å². The van der Waals surface area contributed by atoms with Gasteiger partial charge in [-0.25, -0.2) is 9.13 Å². The Kier molecular flexibility index (Phi) is 37.2. The molecule has 56 heavy (non-hydrogen) atoms. The molecule has 0 N–H and O–H groups in total. The number of nitrogens with zero attached hydrogens (tertiary/aromatic N) is 2. The Balaban J connectivity index is 1.31. The smallest absolute Gasteiger partial charge is 0.169 e. The average Bonchev–Trinajstić information content (AvgIpc) is 3.22. The molecule has 0 saturated carbocycles. The topological polar surface area (TPSA) is 7.76 Å². The van der Waals surface area contributed by atoms with Gasteiger partial charge in [-0.1, -0.05) is 206 Å². The maximum atomic E-state index is 2.39. The molecule has 0 atom stereocenters. The van der Waals surface area contributed by atoms with Gasteiger partial charge in [-0.2, -0.15) is 0 Å². The van der Waals surface area contributed by atoms with Gasteiger partial charge in [0, 0.05) is 46.9 Å². The lowest BCUT2D eigenvalue weighted by Gasteiger charge is -2.04. The van der Waals surface area contributed by atoms with E-state index in [0.717, 1.165) is 0 Å². The number of thioether (sulfide) groups is 2. The molecule has 2 aromatic heterocycles. The lowest BCUT2D eigenvalue weighted by molar-refractivity contribution is -0.697. The molecular weight excluding hydrogens is 717 g/mol. The van der Waals surface area contributed by atoms with Crippen LogP contribution in [0.5, 0.6) is 0 Å². The van der Waals surface area contributed by atoms with Crippen molar-refractivity contribution in [3.8, 4) is 0 Å². The third-order valence-electron chi connectivity index (χ3n) is 11.8. The summed E-state index contributed by atoms with van der Waals surface area (Å²) in [6.07, 6.45) is 60.5. The van der Waals surface area contributed by atoms with E-state index in [9.17, 15) is 0 Å². The molecule has 2 heterocycles. The summed E-state index contributed by atoms with van der Waals surface area (Å²) < 4.78 is 4.78. The van der Waals surface area contributed by atoms with Crippen molar-refractivity contribution >= 4 is 23.5 Å². The molecule has 0 amide bonds. The third-order valence-corrected chi connectivity index (χ3v) is 14.0. The van der Waals surface area contributed by atoms with Crippen molar-refractivity contribution in [2.45, 2.75) is 268 Å². The summed E-state index contributed by atoms with van der Waals surface area (Å²) in [7, 11) is 0. The number of hydrogen-bond donors (Lipinski definition) is 0. The van der Waals surface area contributed by atoms with Gasteiger partial charge in [-0.05, 0) is 37.2 Å². The van der Waals surface area contributed by atoms with Crippen LogP contribution in [0.1, 0.15) is 245 Å². The van der Waals surface area contributed by atoms with E-state index in [1.807, 2.05) is 23.5 Å². The molecule has 0 radical (unpaired) electrons. The minimum Gasteiger partial charge on any atom is -0.205 e. The minimum absolute atomic E-state index is 1.17. The Morgan fingerprint density at radius 3 is 0.750 bits per heavy atom. The molecule has 0 bridgehead atoms. The summed E-state index contributed by atoms with van der Waals surface area (Å²) in [5, 5.41) is 0. The van der Waals surface area contributed by atoms with Crippen LogP contribution in [-0.2, 0) is 13.1 Å². The van der Waals surface area contributed by atoms with Gasteiger partial charge in [0.2, 0.25) is 0 Å². The highest BCUT2D eigenvalue weighted by atomic mass is 32.2. The van der Waals surface area contributed by atoms with E-state index in [-0.39, 0.29) is 0 Å². The quantitative estimate of drug-likeness (QED) is 0.0374. The third kappa shape index (κ3) is 32.9. The lowest BCUT2D eigenvalue weighted by atomic mass is 10.0. The first-order valence-corrected chi connectivity index (χ1v) is 27.0. The monoisotopic (exact) mass is 811 g/mol. The zero-order chi connectivity index (χ0) is 39.7. The Bertz CT molecular complexity index is 970. The van der Waals surface area contributed by atoms with Gasteiger partial charge in [-0.3, -0.25) is 0 Å². The Morgan fingerprint density at radius 2 is 0.500 bits per heavy atom. The van der Waals surface area contributed by atoms with E-state index in [2.05, 4.69) is 72.0 Å². The molecule has 2 nitrogen and oxygen atoms in total. The molecule has 0 saturated heterocycles. The molecule has 0 spiro atoms. The Hall–Kier alpha value is -1.00. The number of rotatable bonds is 43. The highest BCUT2D eigenvalue weighted by molar-refractivity contribution is 7.99. The SMILES string of the molecule is CCCCCCCCCCCCCCCCCC[n+]1ccc(SCCCCCCSc2cc[n+](CCCCCCCCCCCCCCCCCC)cc2)cc1. The fourth-order valence-electron chi connectivity index (χ4n) is 8.00. The van der Waals surface area contributed by atoms with Crippen molar-refractivity contribution < 1.29 is 9.13 Å². The minimum atomic E-state index is 1.17. The highest BCUT2D eigenvalue weighted by Gasteiger charge is 2.05. The fourth-order valence-corrected chi connectivity index (χ4v) is 9.80. The zero-order valence-electron chi connectivity index (χ0n) is 37.6. The Labute approximate surface area is 359 Å². The molecule has 322 valence electrons. The van der Waals surface area contributed by atoms with Crippen LogP contribution in [0.25, 0.3) is 0 Å². The molecular formula is C52H94N2S2+2. The number of aryl methyl sites for hydroxylation is 2. The molecule has 0 unspecified atom stereocenters. The maximum absolute atomic E-state index is 2.39. The van der Waals surface area contributed by atoms with Gasteiger partial charge in [0.25, 0.3) is 0 Å². The van der Waals surface area contributed by atoms with Crippen molar-refractivity contribution in [3.05, 3.63) is 49.1 Å². The highest BCUT2D eigenvalue weighted by Crippen LogP contribution is 2.21. The normalized spacial score (nSPS) is 11.5. The van der Waals surface area contributed by atoms with Crippen LogP contribution in [0.15, 0.2) is 58.8 Å². The first kappa shape index (κ1) is 51.1. The van der Waals surface area contributed by atoms with E-state index < -0.39 is 0 Å². The molecule has 4 heteroatoms. The summed E-state index contributed by atoms with van der Waals surface area (Å²) in [4.78, 5) is 2.86. The van der Waals surface area contributed by atoms with E-state index in [1.165, 1.54) is 266 Å². The van der Waals surface area contributed by atoms with E-state index in [4.69, 9.17) is 0 Å². The van der Waals surface area contributed by atoms with E-state index in [1.54, 1.807) is 0 Å². The lowest BCUT2D eigenvalue weighted by Crippen LogP contribution is -2.32. The van der Waals surface area contributed by atoms with Gasteiger partial charge in [0.1, 0.15) is 13.1 Å². The average molecular weight is 811 g/mol. The van der Waals surface area contributed by atoms with Crippen molar-refractivity contribution in [1.29, 1.82) is 0 Å². The maximum Gasteiger partial charge on any atom is 0.169 e. The predicted molar refractivity (Wildman–Crippen MR) is 252 cm³/mol. The van der Waals surface area contributed by atoms with E-state index >= 15 is 0 Å².